The quantitative estimate of drug-likeness (QED) is 0.291. The molecule has 0 aromatic carbocycles. The van der Waals surface area contributed by atoms with Crippen LogP contribution in [-0.2, 0) is 0 Å². The van der Waals surface area contributed by atoms with Crippen LogP contribution in [0.2, 0.25) is 0 Å². The highest BCUT2D eigenvalue weighted by atomic mass is 14.8. The van der Waals surface area contributed by atoms with E-state index in [1.165, 1.54) is 5.57 Å². The van der Waals surface area contributed by atoms with Crippen molar-refractivity contribution in [3.63, 3.8) is 0 Å². The fourth-order valence-electron chi connectivity index (χ4n) is 0.437. The van der Waals surface area contributed by atoms with Crippen molar-refractivity contribution in [3.05, 3.63) is 16.7 Å². The molecule has 0 aliphatic heterocycles. The fraction of sp³-hybridized carbons (Fsp3) is 0.571. The Labute approximate surface area is 55.8 Å². The molecule has 0 saturated heterocycles. The van der Waals surface area contributed by atoms with Crippen LogP contribution in [0.1, 0.15) is 27.7 Å². The van der Waals surface area contributed by atoms with E-state index in [0.29, 0.717) is 5.71 Å². The van der Waals surface area contributed by atoms with Crippen LogP contribution in [0, 0.1) is 0 Å². The van der Waals surface area contributed by atoms with Crippen molar-refractivity contribution in [1.82, 2.24) is 0 Å². The van der Waals surface area contributed by atoms with Crippen molar-refractivity contribution in [3.8, 4) is 0 Å². The Balaban J connectivity index is 4.60. The topological polar surface area (TPSA) is 36.4 Å². The van der Waals surface area contributed by atoms with Crippen LogP contribution in [-0.4, -0.2) is 10.5 Å². The summed E-state index contributed by atoms with van der Waals surface area (Å²) >= 11 is 0. The van der Waals surface area contributed by atoms with Crippen LogP contribution in [0.25, 0.3) is 5.53 Å². The molecule has 2 heteroatoms. The van der Waals surface area contributed by atoms with Gasteiger partial charge in [-0.05, 0) is 20.8 Å². The number of allylic oxidation sites excluding steroid dienone is 2. The van der Waals surface area contributed by atoms with Gasteiger partial charge in [0.2, 0.25) is 0 Å². The molecule has 0 unspecified atom stereocenters. The molecule has 0 aliphatic rings. The van der Waals surface area contributed by atoms with Crippen molar-refractivity contribution in [2.24, 2.45) is 0 Å². The third-order valence-corrected chi connectivity index (χ3v) is 1.44. The second kappa shape index (κ2) is 3.21. The van der Waals surface area contributed by atoms with Crippen LogP contribution >= 0.6 is 0 Å². The average Bonchev–Trinajstić information content (AvgIpc) is 1.84. The van der Waals surface area contributed by atoms with Gasteiger partial charge >= 0.3 is 0 Å². The SMILES string of the molecule is CC(=[N+]=[N-])C(C)=C(C)C. The maximum absolute atomic E-state index is 8.31. The molecule has 9 heavy (non-hydrogen) atoms. The van der Waals surface area contributed by atoms with Gasteiger partial charge in [0, 0.05) is 12.5 Å². The third-order valence-electron chi connectivity index (χ3n) is 1.44. The highest BCUT2D eigenvalue weighted by molar-refractivity contribution is 5.93. The van der Waals surface area contributed by atoms with Gasteiger partial charge < -0.3 is 5.53 Å². The van der Waals surface area contributed by atoms with Gasteiger partial charge in [-0.15, -0.1) is 0 Å². The first kappa shape index (κ1) is 8.12. The van der Waals surface area contributed by atoms with Crippen molar-refractivity contribution in [1.29, 1.82) is 0 Å². The molecule has 0 spiro atoms. The Kier molecular flexibility index (Phi) is 2.89. The summed E-state index contributed by atoms with van der Waals surface area (Å²) in [6.45, 7) is 7.70. The summed E-state index contributed by atoms with van der Waals surface area (Å²) < 4.78 is 0. The van der Waals surface area contributed by atoms with E-state index in [2.05, 4.69) is 4.79 Å². The van der Waals surface area contributed by atoms with Gasteiger partial charge in [-0.1, -0.05) is 5.57 Å². The molecular weight excluding hydrogens is 112 g/mol. The lowest BCUT2D eigenvalue weighted by Crippen LogP contribution is -1.95. The van der Waals surface area contributed by atoms with Crippen molar-refractivity contribution < 1.29 is 4.79 Å². The lowest BCUT2D eigenvalue weighted by Gasteiger charge is -1.91. The van der Waals surface area contributed by atoms with E-state index in [1.54, 1.807) is 6.92 Å². The third kappa shape index (κ3) is 2.24. The Morgan fingerprint density at radius 2 is 1.56 bits per heavy atom. The molecule has 0 amide bonds. The lowest BCUT2D eigenvalue weighted by molar-refractivity contribution is -0.00502. The molecule has 0 saturated carbocycles. The second-order valence-electron chi connectivity index (χ2n) is 2.31. The number of hydrogen-bond donors (Lipinski definition) is 0. The van der Waals surface area contributed by atoms with Gasteiger partial charge in [0.15, 0.2) is 0 Å². The molecule has 0 N–H and O–H groups in total. The van der Waals surface area contributed by atoms with Crippen molar-refractivity contribution in [2.75, 3.05) is 0 Å². The van der Waals surface area contributed by atoms with E-state index < -0.39 is 0 Å². The van der Waals surface area contributed by atoms with Crippen molar-refractivity contribution >= 4 is 5.71 Å². The first-order chi connectivity index (χ1) is 4.09. The Hall–Kier alpha value is -0.880. The van der Waals surface area contributed by atoms with Gasteiger partial charge in [0.25, 0.3) is 5.71 Å². The first-order valence-electron chi connectivity index (χ1n) is 2.92. The summed E-state index contributed by atoms with van der Waals surface area (Å²) in [4.78, 5) is 3.07. The summed E-state index contributed by atoms with van der Waals surface area (Å²) in [6, 6.07) is 0. The van der Waals surface area contributed by atoms with Crippen LogP contribution < -0.4 is 0 Å². The second-order valence-corrected chi connectivity index (χ2v) is 2.31. The maximum Gasteiger partial charge on any atom is 0.291 e. The molecule has 0 rings (SSSR count). The van der Waals surface area contributed by atoms with E-state index in [4.69, 9.17) is 5.53 Å². The molecule has 50 valence electrons. The van der Waals surface area contributed by atoms with Crippen LogP contribution in [0.5, 0.6) is 0 Å². The summed E-state index contributed by atoms with van der Waals surface area (Å²) in [5.41, 5.74) is 11.2. The number of nitrogens with zero attached hydrogens (tertiary/aromatic N) is 2. The largest absolute Gasteiger partial charge is 0.361 e. The van der Waals surface area contributed by atoms with Crippen LogP contribution in [0.4, 0.5) is 0 Å². The molecule has 2 nitrogen and oxygen atoms in total. The normalized spacial score (nSPS) is 8.00. The summed E-state index contributed by atoms with van der Waals surface area (Å²) in [6.07, 6.45) is 0. The summed E-state index contributed by atoms with van der Waals surface area (Å²) in [7, 11) is 0. The zero-order chi connectivity index (χ0) is 7.44. The molecular formula is C7H12N2. The molecule has 0 heterocycles. The Morgan fingerprint density at radius 1 is 1.11 bits per heavy atom. The minimum Gasteiger partial charge on any atom is -0.361 e. The molecule has 0 aromatic heterocycles. The van der Waals surface area contributed by atoms with Crippen molar-refractivity contribution in [2.45, 2.75) is 27.7 Å². The lowest BCUT2D eigenvalue weighted by atomic mass is 10.1. The summed E-state index contributed by atoms with van der Waals surface area (Å²) in [5.74, 6) is 0. The smallest absolute Gasteiger partial charge is 0.291 e. The minimum absolute atomic E-state index is 0.690. The molecule has 0 aromatic rings. The first-order valence-corrected chi connectivity index (χ1v) is 2.92. The Bertz CT molecular complexity index is 179. The highest BCUT2D eigenvalue weighted by Gasteiger charge is 2.02. The van der Waals surface area contributed by atoms with E-state index in [-0.39, 0.29) is 0 Å². The molecule has 0 atom stereocenters. The zero-order valence-corrected chi connectivity index (χ0v) is 6.39. The van der Waals surface area contributed by atoms with Gasteiger partial charge in [-0.3, -0.25) is 0 Å². The standard InChI is InChI=1S/C7H12N2/c1-5(2)6(3)7(4)9-8/h1-4H3. The average molecular weight is 124 g/mol. The fourth-order valence-corrected chi connectivity index (χ4v) is 0.437. The van der Waals surface area contributed by atoms with Crippen LogP contribution in [0.15, 0.2) is 11.1 Å². The summed E-state index contributed by atoms with van der Waals surface area (Å²) in [5, 5.41) is 0. The van der Waals surface area contributed by atoms with Gasteiger partial charge in [0.1, 0.15) is 0 Å². The highest BCUT2D eigenvalue weighted by Crippen LogP contribution is 2.01. The minimum atomic E-state index is 0.690. The molecule has 0 radical (unpaired) electrons. The van der Waals surface area contributed by atoms with Gasteiger partial charge in [-0.25, -0.2) is 0 Å². The predicted octanol–water partition coefficient (Wildman–Crippen LogP) is 2.03. The van der Waals surface area contributed by atoms with E-state index >= 15 is 0 Å². The van der Waals surface area contributed by atoms with E-state index in [9.17, 15) is 0 Å². The maximum atomic E-state index is 8.31. The molecule has 0 bridgehead atoms. The van der Waals surface area contributed by atoms with Gasteiger partial charge in [0.05, 0.1) is 0 Å². The van der Waals surface area contributed by atoms with Gasteiger partial charge in [-0.2, -0.15) is 4.79 Å². The van der Waals surface area contributed by atoms with E-state index in [1.807, 2.05) is 20.8 Å². The van der Waals surface area contributed by atoms with Crippen LogP contribution in [0.3, 0.4) is 0 Å². The predicted molar refractivity (Wildman–Crippen MR) is 38.3 cm³/mol. The number of hydrogen-bond acceptors (Lipinski definition) is 0. The number of rotatable bonds is 1. The molecule has 0 fully saturated rings. The Morgan fingerprint density at radius 3 is 1.67 bits per heavy atom. The zero-order valence-electron chi connectivity index (χ0n) is 6.39. The molecule has 0 aliphatic carbocycles. The monoisotopic (exact) mass is 124 g/mol. The van der Waals surface area contributed by atoms with E-state index in [0.717, 1.165) is 5.57 Å².